The number of aryl methyl sites for hydroxylation is 1. The minimum absolute atomic E-state index is 0.692. The van der Waals surface area contributed by atoms with E-state index in [9.17, 15) is 0 Å². The molecule has 0 spiro atoms. The molecule has 2 aliphatic rings. The van der Waals surface area contributed by atoms with E-state index in [0.717, 1.165) is 31.3 Å². The maximum absolute atomic E-state index is 4.35. The second-order valence-electron chi connectivity index (χ2n) is 5.98. The van der Waals surface area contributed by atoms with Crippen LogP contribution in [-0.4, -0.2) is 20.8 Å². The summed E-state index contributed by atoms with van der Waals surface area (Å²) < 4.78 is 2.32. The Labute approximate surface area is 109 Å². The maximum atomic E-state index is 4.35. The zero-order valence-corrected chi connectivity index (χ0v) is 11.4. The Morgan fingerprint density at radius 2 is 2.00 bits per heavy atom. The summed E-state index contributed by atoms with van der Waals surface area (Å²) in [6.45, 7) is 4.37. The van der Waals surface area contributed by atoms with Crippen LogP contribution in [0.2, 0.25) is 0 Å². The topological polar surface area (TPSA) is 42.7 Å². The first kappa shape index (κ1) is 12.2. The van der Waals surface area contributed by atoms with Crippen molar-refractivity contribution in [3.8, 4) is 0 Å². The average molecular weight is 248 g/mol. The van der Waals surface area contributed by atoms with Crippen LogP contribution in [-0.2, 0) is 19.5 Å². The normalized spacial score (nSPS) is 28.1. The van der Waals surface area contributed by atoms with Gasteiger partial charge < -0.3 is 9.88 Å². The van der Waals surface area contributed by atoms with Gasteiger partial charge >= 0.3 is 0 Å². The molecule has 0 aromatic carbocycles. The molecule has 4 heteroatoms. The minimum atomic E-state index is 0.692. The van der Waals surface area contributed by atoms with Crippen molar-refractivity contribution in [2.24, 2.45) is 5.92 Å². The number of nitrogens with one attached hydrogen (secondary N) is 1. The molecule has 1 fully saturated rings. The lowest BCUT2D eigenvalue weighted by molar-refractivity contribution is 0.303. The van der Waals surface area contributed by atoms with E-state index in [2.05, 4.69) is 27.0 Å². The monoisotopic (exact) mass is 248 g/mol. The fraction of sp³-hybridized carbons (Fsp3) is 0.857. The SMILES string of the molecule is CC1CCC(NCc2nnc3n2CCCC3)CC1. The highest BCUT2D eigenvalue weighted by molar-refractivity contribution is 4.99. The van der Waals surface area contributed by atoms with E-state index in [-0.39, 0.29) is 0 Å². The van der Waals surface area contributed by atoms with E-state index in [4.69, 9.17) is 0 Å². The molecule has 4 nitrogen and oxygen atoms in total. The molecule has 1 N–H and O–H groups in total. The van der Waals surface area contributed by atoms with Gasteiger partial charge in [-0.1, -0.05) is 6.92 Å². The highest BCUT2D eigenvalue weighted by Gasteiger charge is 2.20. The first-order valence-electron chi connectivity index (χ1n) is 7.47. The molecule has 18 heavy (non-hydrogen) atoms. The molecule has 1 aliphatic heterocycles. The van der Waals surface area contributed by atoms with Gasteiger partial charge in [0.1, 0.15) is 11.6 Å². The van der Waals surface area contributed by atoms with Crippen molar-refractivity contribution in [2.45, 2.75) is 71.0 Å². The van der Waals surface area contributed by atoms with Gasteiger partial charge in [0.15, 0.2) is 0 Å². The molecule has 0 unspecified atom stereocenters. The summed E-state index contributed by atoms with van der Waals surface area (Å²) in [4.78, 5) is 0. The summed E-state index contributed by atoms with van der Waals surface area (Å²) >= 11 is 0. The van der Waals surface area contributed by atoms with Crippen LogP contribution >= 0.6 is 0 Å². The first-order valence-corrected chi connectivity index (χ1v) is 7.47. The van der Waals surface area contributed by atoms with Crippen LogP contribution in [0.15, 0.2) is 0 Å². The average Bonchev–Trinajstić information content (AvgIpc) is 2.82. The van der Waals surface area contributed by atoms with Crippen LogP contribution < -0.4 is 5.32 Å². The van der Waals surface area contributed by atoms with Gasteiger partial charge in [-0.15, -0.1) is 10.2 Å². The van der Waals surface area contributed by atoms with Crippen LogP contribution in [0.3, 0.4) is 0 Å². The summed E-state index contributed by atoms with van der Waals surface area (Å²) in [5.74, 6) is 3.25. The molecule has 1 aromatic rings. The van der Waals surface area contributed by atoms with Gasteiger partial charge in [0, 0.05) is 19.0 Å². The third-order valence-corrected chi connectivity index (χ3v) is 4.50. The van der Waals surface area contributed by atoms with Crippen LogP contribution in [0, 0.1) is 5.92 Å². The molecule has 1 aromatic heterocycles. The maximum Gasteiger partial charge on any atom is 0.147 e. The zero-order valence-electron chi connectivity index (χ0n) is 11.4. The molecular weight excluding hydrogens is 224 g/mol. The second-order valence-corrected chi connectivity index (χ2v) is 5.98. The summed E-state index contributed by atoms with van der Waals surface area (Å²) in [5.41, 5.74) is 0. The molecule has 0 bridgehead atoms. The standard InChI is InChI=1S/C14H24N4/c1-11-5-7-12(8-6-11)15-10-14-17-16-13-4-2-3-9-18(13)14/h11-12,15H,2-10H2,1H3. The summed E-state index contributed by atoms with van der Waals surface area (Å²) in [5, 5.41) is 12.3. The van der Waals surface area contributed by atoms with Gasteiger partial charge in [-0.2, -0.15) is 0 Å². The molecule has 2 heterocycles. The van der Waals surface area contributed by atoms with Crippen LogP contribution in [0.5, 0.6) is 0 Å². The Kier molecular flexibility index (Phi) is 3.64. The fourth-order valence-corrected chi connectivity index (χ4v) is 3.20. The number of hydrogen-bond donors (Lipinski definition) is 1. The number of hydrogen-bond acceptors (Lipinski definition) is 3. The zero-order chi connectivity index (χ0) is 12.4. The minimum Gasteiger partial charge on any atom is -0.314 e. The summed E-state index contributed by atoms with van der Waals surface area (Å²) in [7, 11) is 0. The van der Waals surface area contributed by atoms with Crippen molar-refractivity contribution >= 4 is 0 Å². The molecular formula is C14H24N4. The largest absolute Gasteiger partial charge is 0.314 e. The predicted molar refractivity (Wildman–Crippen MR) is 71.2 cm³/mol. The summed E-state index contributed by atoms with van der Waals surface area (Å²) in [6, 6.07) is 0.692. The Morgan fingerprint density at radius 3 is 2.83 bits per heavy atom. The molecule has 0 radical (unpaired) electrons. The molecule has 1 aliphatic carbocycles. The van der Waals surface area contributed by atoms with Crippen molar-refractivity contribution in [1.82, 2.24) is 20.1 Å². The first-order chi connectivity index (χ1) is 8.83. The second kappa shape index (κ2) is 5.39. The lowest BCUT2D eigenvalue weighted by Gasteiger charge is -2.27. The van der Waals surface area contributed by atoms with Gasteiger partial charge in [-0.3, -0.25) is 0 Å². The van der Waals surface area contributed by atoms with E-state index < -0.39 is 0 Å². The predicted octanol–water partition coefficient (Wildman–Crippen LogP) is 2.28. The van der Waals surface area contributed by atoms with Crippen LogP contribution in [0.1, 0.15) is 57.1 Å². The highest BCUT2D eigenvalue weighted by Crippen LogP contribution is 2.23. The molecule has 3 rings (SSSR count). The van der Waals surface area contributed by atoms with E-state index in [1.165, 1.54) is 44.3 Å². The Balaban J connectivity index is 1.55. The Morgan fingerprint density at radius 1 is 1.17 bits per heavy atom. The smallest absolute Gasteiger partial charge is 0.147 e. The molecule has 1 saturated carbocycles. The number of nitrogens with zero attached hydrogens (tertiary/aromatic N) is 3. The van der Waals surface area contributed by atoms with Gasteiger partial charge in [-0.25, -0.2) is 0 Å². The molecule has 100 valence electrons. The van der Waals surface area contributed by atoms with Crippen molar-refractivity contribution in [3.63, 3.8) is 0 Å². The molecule has 0 amide bonds. The Hall–Kier alpha value is -0.900. The number of aromatic nitrogens is 3. The van der Waals surface area contributed by atoms with E-state index in [1.54, 1.807) is 0 Å². The van der Waals surface area contributed by atoms with Gasteiger partial charge in [-0.05, 0) is 44.4 Å². The Bertz CT molecular complexity index is 390. The van der Waals surface area contributed by atoms with Gasteiger partial charge in [0.25, 0.3) is 0 Å². The van der Waals surface area contributed by atoms with E-state index in [0.29, 0.717) is 6.04 Å². The number of fused-ring (bicyclic) bond motifs is 1. The summed E-state index contributed by atoms with van der Waals surface area (Å²) in [6.07, 6.45) is 9.04. The van der Waals surface area contributed by atoms with Gasteiger partial charge in [0.05, 0.1) is 6.54 Å². The lowest BCUT2D eigenvalue weighted by Crippen LogP contribution is -2.33. The van der Waals surface area contributed by atoms with Crippen molar-refractivity contribution in [2.75, 3.05) is 0 Å². The van der Waals surface area contributed by atoms with Gasteiger partial charge in [0.2, 0.25) is 0 Å². The highest BCUT2D eigenvalue weighted by atomic mass is 15.3. The fourth-order valence-electron chi connectivity index (χ4n) is 3.20. The molecule has 0 atom stereocenters. The van der Waals surface area contributed by atoms with Crippen molar-refractivity contribution in [3.05, 3.63) is 11.6 Å². The third kappa shape index (κ3) is 2.58. The number of rotatable bonds is 3. The van der Waals surface area contributed by atoms with Crippen molar-refractivity contribution in [1.29, 1.82) is 0 Å². The van der Waals surface area contributed by atoms with Crippen LogP contribution in [0.4, 0.5) is 0 Å². The lowest BCUT2D eigenvalue weighted by atomic mass is 9.87. The quantitative estimate of drug-likeness (QED) is 0.892. The van der Waals surface area contributed by atoms with Crippen LogP contribution in [0.25, 0.3) is 0 Å². The third-order valence-electron chi connectivity index (χ3n) is 4.50. The molecule has 0 saturated heterocycles. The van der Waals surface area contributed by atoms with Crippen molar-refractivity contribution < 1.29 is 0 Å². The van der Waals surface area contributed by atoms with E-state index in [1.807, 2.05) is 0 Å². The van der Waals surface area contributed by atoms with E-state index >= 15 is 0 Å².